The van der Waals surface area contributed by atoms with Gasteiger partial charge in [-0.25, -0.2) is 0 Å². The SMILES string of the molecule is CCC1(C(=O)N[C@H](C)c2cccc(Br)c2)CCNC1. The van der Waals surface area contributed by atoms with Gasteiger partial charge < -0.3 is 10.6 Å². The molecule has 3 nitrogen and oxygen atoms in total. The normalized spacial score (nSPS) is 24.2. The van der Waals surface area contributed by atoms with Crippen LogP contribution in [0.25, 0.3) is 0 Å². The van der Waals surface area contributed by atoms with Gasteiger partial charge in [0.25, 0.3) is 0 Å². The van der Waals surface area contributed by atoms with Gasteiger partial charge in [0.2, 0.25) is 5.91 Å². The number of halogens is 1. The minimum atomic E-state index is -0.222. The molecule has 1 amide bonds. The van der Waals surface area contributed by atoms with E-state index in [9.17, 15) is 4.79 Å². The minimum Gasteiger partial charge on any atom is -0.349 e. The first kappa shape index (κ1) is 14.5. The summed E-state index contributed by atoms with van der Waals surface area (Å²) in [5, 5.41) is 6.46. The molecule has 0 saturated carbocycles. The van der Waals surface area contributed by atoms with Crippen LogP contribution in [0.4, 0.5) is 0 Å². The second kappa shape index (κ2) is 6.06. The lowest BCUT2D eigenvalue weighted by Gasteiger charge is -2.27. The lowest BCUT2D eigenvalue weighted by molar-refractivity contribution is -0.131. The van der Waals surface area contributed by atoms with Crippen molar-refractivity contribution in [3.63, 3.8) is 0 Å². The van der Waals surface area contributed by atoms with Gasteiger partial charge in [0.15, 0.2) is 0 Å². The minimum absolute atomic E-state index is 0.0361. The molecule has 0 spiro atoms. The summed E-state index contributed by atoms with van der Waals surface area (Å²) in [6, 6.07) is 8.12. The van der Waals surface area contributed by atoms with Crippen molar-refractivity contribution in [1.29, 1.82) is 0 Å². The van der Waals surface area contributed by atoms with Crippen LogP contribution < -0.4 is 10.6 Å². The smallest absolute Gasteiger partial charge is 0.228 e. The molecule has 2 atom stereocenters. The van der Waals surface area contributed by atoms with Crippen LogP contribution in [0.3, 0.4) is 0 Å². The zero-order chi connectivity index (χ0) is 13.9. The Bertz CT molecular complexity index is 455. The van der Waals surface area contributed by atoms with Gasteiger partial charge in [-0.3, -0.25) is 4.79 Å². The van der Waals surface area contributed by atoms with Crippen molar-refractivity contribution in [2.24, 2.45) is 5.41 Å². The highest BCUT2D eigenvalue weighted by molar-refractivity contribution is 9.10. The van der Waals surface area contributed by atoms with E-state index in [2.05, 4.69) is 39.6 Å². The summed E-state index contributed by atoms with van der Waals surface area (Å²) < 4.78 is 1.04. The van der Waals surface area contributed by atoms with E-state index in [4.69, 9.17) is 0 Å². The van der Waals surface area contributed by atoms with E-state index in [1.165, 1.54) is 0 Å². The maximum atomic E-state index is 12.5. The summed E-state index contributed by atoms with van der Waals surface area (Å²) in [7, 11) is 0. The van der Waals surface area contributed by atoms with Crippen molar-refractivity contribution in [3.8, 4) is 0 Å². The fraction of sp³-hybridized carbons (Fsp3) is 0.533. The Morgan fingerprint density at radius 1 is 1.58 bits per heavy atom. The molecule has 1 heterocycles. The fourth-order valence-corrected chi connectivity index (χ4v) is 3.03. The van der Waals surface area contributed by atoms with Crippen molar-refractivity contribution < 1.29 is 4.79 Å². The van der Waals surface area contributed by atoms with Gasteiger partial charge >= 0.3 is 0 Å². The topological polar surface area (TPSA) is 41.1 Å². The third-order valence-corrected chi connectivity index (χ3v) is 4.59. The first-order valence-electron chi connectivity index (χ1n) is 6.84. The summed E-state index contributed by atoms with van der Waals surface area (Å²) in [5.41, 5.74) is 0.903. The molecule has 1 aliphatic heterocycles. The molecular formula is C15H21BrN2O. The molecule has 0 aromatic heterocycles. The number of benzene rings is 1. The molecule has 19 heavy (non-hydrogen) atoms. The monoisotopic (exact) mass is 324 g/mol. The molecule has 0 aliphatic carbocycles. The largest absolute Gasteiger partial charge is 0.349 e. The molecule has 0 bridgehead atoms. The van der Waals surface area contributed by atoms with E-state index < -0.39 is 0 Å². The Morgan fingerprint density at radius 3 is 2.95 bits per heavy atom. The van der Waals surface area contributed by atoms with Crippen LogP contribution in [0.1, 0.15) is 38.3 Å². The van der Waals surface area contributed by atoms with Crippen molar-refractivity contribution >= 4 is 21.8 Å². The molecule has 2 rings (SSSR count). The molecule has 1 aromatic carbocycles. The highest BCUT2D eigenvalue weighted by Crippen LogP contribution is 2.30. The Hall–Kier alpha value is -0.870. The quantitative estimate of drug-likeness (QED) is 0.893. The molecule has 0 radical (unpaired) electrons. The average Bonchev–Trinajstić information content (AvgIpc) is 2.88. The van der Waals surface area contributed by atoms with Crippen LogP contribution in [0.2, 0.25) is 0 Å². The molecule has 104 valence electrons. The maximum absolute atomic E-state index is 12.5. The fourth-order valence-electron chi connectivity index (χ4n) is 2.61. The molecule has 1 fully saturated rings. The lowest BCUT2D eigenvalue weighted by atomic mass is 9.83. The zero-order valence-corrected chi connectivity index (χ0v) is 13.1. The zero-order valence-electron chi connectivity index (χ0n) is 11.5. The highest BCUT2D eigenvalue weighted by atomic mass is 79.9. The van der Waals surface area contributed by atoms with Gasteiger partial charge in [-0.2, -0.15) is 0 Å². The first-order valence-corrected chi connectivity index (χ1v) is 7.64. The van der Waals surface area contributed by atoms with E-state index in [1.54, 1.807) is 0 Å². The third-order valence-electron chi connectivity index (χ3n) is 4.10. The Balaban J connectivity index is 2.06. The number of rotatable bonds is 4. The highest BCUT2D eigenvalue weighted by Gasteiger charge is 2.39. The molecule has 1 saturated heterocycles. The summed E-state index contributed by atoms with van der Waals surface area (Å²) in [4.78, 5) is 12.5. The summed E-state index contributed by atoms with van der Waals surface area (Å²) in [6.07, 6.45) is 1.82. The van der Waals surface area contributed by atoms with Crippen molar-refractivity contribution in [3.05, 3.63) is 34.3 Å². The van der Waals surface area contributed by atoms with Crippen molar-refractivity contribution in [2.75, 3.05) is 13.1 Å². The lowest BCUT2D eigenvalue weighted by Crippen LogP contribution is -2.43. The van der Waals surface area contributed by atoms with E-state index in [1.807, 2.05) is 25.1 Å². The van der Waals surface area contributed by atoms with Gasteiger partial charge in [0, 0.05) is 11.0 Å². The van der Waals surface area contributed by atoms with Gasteiger partial charge in [-0.05, 0) is 44.0 Å². The first-order chi connectivity index (χ1) is 9.07. The summed E-state index contributed by atoms with van der Waals surface area (Å²) in [5.74, 6) is 0.174. The van der Waals surface area contributed by atoms with Crippen molar-refractivity contribution in [1.82, 2.24) is 10.6 Å². The van der Waals surface area contributed by atoms with Gasteiger partial charge in [0.1, 0.15) is 0 Å². The number of hydrogen-bond donors (Lipinski definition) is 2. The Kier molecular flexibility index (Phi) is 4.63. The molecule has 1 unspecified atom stereocenters. The summed E-state index contributed by atoms with van der Waals surface area (Å²) in [6.45, 7) is 5.86. The third kappa shape index (κ3) is 3.18. The number of nitrogens with one attached hydrogen (secondary N) is 2. The van der Waals surface area contributed by atoms with Gasteiger partial charge in [-0.15, -0.1) is 0 Å². The number of carbonyl (C=O) groups is 1. The van der Waals surface area contributed by atoms with Crippen LogP contribution in [-0.2, 0) is 4.79 Å². The number of carbonyl (C=O) groups excluding carboxylic acids is 1. The molecular weight excluding hydrogens is 304 g/mol. The molecule has 1 aromatic rings. The summed E-state index contributed by atoms with van der Waals surface area (Å²) >= 11 is 3.46. The molecule has 4 heteroatoms. The predicted octanol–water partition coefficient (Wildman–Crippen LogP) is 3.02. The number of hydrogen-bond acceptors (Lipinski definition) is 2. The standard InChI is InChI=1S/C15H21BrN2O/c1-3-15(7-8-17-10-15)14(19)18-11(2)12-5-4-6-13(16)9-12/h4-6,9,11,17H,3,7-8,10H2,1-2H3,(H,18,19)/t11-,15?/m1/s1. The van der Waals surface area contributed by atoms with Gasteiger partial charge in [0.05, 0.1) is 11.5 Å². The van der Waals surface area contributed by atoms with Crippen LogP contribution in [-0.4, -0.2) is 19.0 Å². The van der Waals surface area contributed by atoms with Crippen LogP contribution in [0, 0.1) is 5.41 Å². The predicted molar refractivity (Wildman–Crippen MR) is 80.9 cm³/mol. The Morgan fingerprint density at radius 2 is 2.37 bits per heavy atom. The number of amides is 1. The van der Waals surface area contributed by atoms with E-state index >= 15 is 0 Å². The molecule has 2 N–H and O–H groups in total. The van der Waals surface area contributed by atoms with E-state index in [0.29, 0.717) is 0 Å². The second-order valence-electron chi connectivity index (χ2n) is 5.31. The Labute approximate surface area is 123 Å². The van der Waals surface area contributed by atoms with Crippen LogP contribution in [0.15, 0.2) is 28.7 Å². The van der Waals surface area contributed by atoms with E-state index in [0.717, 1.165) is 36.0 Å². The van der Waals surface area contributed by atoms with Crippen molar-refractivity contribution in [2.45, 2.75) is 32.7 Å². The van der Waals surface area contributed by atoms with Crippen LogP contribution in [0.5, 0.6) is 0 Å². The maximum Gasteiger partial charge on any atom is 0.228 e. The average molecular weight is 325 g/mol. The second-order valence-corrected chi connectivity index (χ2v) is 6.23. The molecule has 1 aliphatic rings. The van der Waals surface area contributed by atoms with E-state index in [-0.39, 0.29) is 17.4 Å². The van der Waals surface area contributed by atoms with Gasteiger partial charge in [-0.1, -0.05) is 35.0 Å². The van der Waals surface area contributed by atoms with Crippen LogP contribution >= 0.6 is 15.9 Å².